The SMILES string of the molecule is NC(=O)C1([C@H]2COc3cccc(-c4cnc(C5CC5)nc4)c3C2)C=NC(C(=O)NCCC(F)(F)F)=CC1. The van der Waals surface area contributed by atoms with Gasteiger partial charge in [0, 0.05) is 48.1 Å². The van der Waals surface area contributed by atoms with Crippen molar-refractivity contribution in [2.75, 3.05) is 13.2 Å². The predicted octanol–water partition coefficient (Wildman–Crippen LogP) is 3.47. The molecule has 2 amide bonds. The van der Waals surface area contributed by atoms with Crippen molar-refractivity contribution in [1.82, 2.24) is 15.3 Å². The molecule has 0 spiro atoms. The van der Waals surface area contributed by atoms with Gasteiger partial charge in [-0.25, -0.2) is 9.97 Å². The molecule has 2 aliphatic heterocycles. The van der Waals surface area contributed by atoms with Crippen molar-refractivity contribution in [2.45, 2.75) is 44.2 Å². The summed E-state index contributed by atoms with van der Waals surface area (Å²) >= 11 is 0. The third-order valence-corrected chi connectivity index (χ3v) is 7.13. The summed E-state index contributed by atoms with van der Waals surface area (Å²) in [5.74, 6) is 0.264. The van der Waals surface area contributed by atoms with Crippen LogP contribution < -0.4 is 15.8 Å². The van der Waals surface area contributed by atoms with Gasteiger partial charge in [-0.05, 0) is 37.3 Å². The number of rotatable bonds is 7. The van der Waals surface area contributed by atoms with Gasteiger partial charge >= 0.3 is 6.18 Å². The molecule has 1 unspecified atom stereocenters. The van der Waals surface area contributed by atoms with Crippen LogP contribution >= 0.6 is 0 Å². The van der Waals surface area contributed by atoms with E-state index in [2.05, 4.69) is 20.3 Å². The molecule has 1 saturated carbocycles. The fraction of sp³-hybridized carbons (Fsp3) is 0.423. The van der Waals surface area contributed by atoms with Crippen molar-refractivity contribution in [3.8, 4) is 16.9 Å². The topological polar surface area (TPSA) is 120 Å². The van der Waals surface area contributed by atoms with E-state index >= 15 is 0 Å². The number of carbonyl (C=O) groups excluding carboxylic acids is 2. The monoisotopic (exact) mass is 513 g/mol. The van der Waals surface area contributed by atoms with Gasteiger partial charge in [0.15, 0.2) is 0 Å². The number of aliphatic imine (C=N–C) groups is 1. The molecular formula is C26H26F3N5O3. The summed E-state index contributed by atoms with van der Waals surface area (Å²) in [5.41, 5.74) is 7.22. The van der Waals surface area contributed by atoms with Gasteiger partial charge in [-0.3, -0.25) is 14.6 Å². The van der Waals surface area contributed by atoms with Gasteiger partial charge in [-0.1, -0.05) is 18.2 Å². The van der Waals surface area contributed by atoms with Crippen LogP contribution in [0.1, 0.15) is 43.0 Å². The first-order valence-corrected chi connectivity index (χ1v) is 12.1. The number of halogens is 3. The van der Waals surface area contributed by atoms with Crippen LogP contribution in [-0.4, -0.2) is 47.3 Å². The van der Waals surface area contributed by atoms with Crippen LogP contribution in [0.2, 0.25) is 0 Å². The van der Waals surface area contributed by atoms with E-state index in [1.165, 1.54) is 12.3 Å². The molecular weight excluding hydrogens is 487 g/mol. The van der Waals surface area contributed by atoms with E-state index in [1.807, 2.05) is 18.2 Å². The lowest BCUT2D eigenvalue weighted by Crippen LogP contribution is -2.49. The van der Waals surface area contributed by atoms with Gasteiger partial charge in [0.05, 0.1) is 18.4 Å². The largest absolute Gasteiger partial charge is 0.493 e. The van der Waals surface area contributed by atoms with Gasteiger partial charge in [-0.15, -0.1) is 0 Å². The Morgan fingerprint density at radius 1 is 1.19 bits per heavy atom. The second kappa shape index (κ2) is 9.60. The van der Waals surface area contributed by atoms with E-state index in [-0.39, 0.29) is 24.6 Å². The Bertz CT molecular complexity index is 1270. The lowest BCUT2D eigenvalue weighted by atomic mass is 9.68. The van der Waals surface area contributed by atoms with E-state index in [0.717, 1.165) is 35.4 Å². The molecule has 5 rings (SSSR count). The number of allylic oxidation sites excluding steroid dienone is 1. The highest BCUT2D eigenvalue weighted by molar-refractivity contribution is 6.02. The number of carbonyl (C=O) groups is 2. The Morgan fingerprint density at radius 2 is 1.95 bits per heavy atom. The standard InChI is InChI=1S/C26H26F3N5O3/c27-26(28,29)8-9-31-23(35)20-6-7-25(14-34-20,24(30)36)17-10-19-18(2-1-3-21(19)37-13-17)16-11-32-22(33-12-16)15-4-5-15/h1-3,6,11-12,14-15,17H,4-5,7-10,13H2,(H2,30,36)(H,31,35)/t17-,25?/m1/s1. The Labute approximate surface area is 211 Å². The zero-order valence-corrected chi connectivity index (χ0v) is 19.9. The number of benzene rings is 1. The Morgan fingerprint density at radius 3 is 2.57 bits per heavy atom. The summed E-state index contributed by atoms with van der Waals surface area (Å²) in [4.78, 5) is 38.1. The van der Waals surface area contributed by atoms with E-state index in [4.69, 9.17) is 10.5 Å². The van der Waals surface area contributed by atoms with Crippen LogP contribution in [-0.2, 0) is 16.0 Å². The Hall–Kier alpha value is -3.76. The molecule has 0 radical (unpaired) electrons. The number of amides is 2. The first kappa shape index (κ1) is 24.9. The minimum absolute atomic E-state index is 0.0511. The van der Waals surface area contributed by atoms with E-state index in [1.54, 1.807) is 12.4 Å². The average molecular weight is 514 g/mol. The van der Waals surface area contributed by atoms with Crippen molar-refractivity contribution in [2.24, 2.45) is 22.1 Å². The number of nitrogens with zero attached hydrogens (tertiary/aromatic N) is 3. The van der Waals surface area contributed by atoms with E-state index in [0.29, 0.717) is 18.1 Å². The highest BCUT2D eigenvalue weighted by atomic mass is 19.4. The lowest BCUT2D eigenvalue weighted by molar-refractivity contribution is -0.135. The number of primary amides is 1. The molecule has 0 saturated heterocycles. The van der Waals surface area contributed by atoms with Crippen molar-refractivity contribution in [3.63, 3.8) is 0 Å². The number of hydrogen-bond donors (Lipinski definition) is 2. The summed E-state index contributed by atoms with van der Waals surface area (Å²) in [6.45, 7) is -0.346. The molecule has 37 heavy (non-hydrogen) atoms. The molecule has 1 aromatic heterocycles. The van der Waals surface area contributed by atoms with Crippen molar-refractivity contribution < 1.29 is 27.5 Å². The minimum atomic E-state index is -4.37. The number of aromatic nitrogens is 2. The third-order valence-electron chi connectivity index (χ3n) is 7.13. The minimum Gasteiger partial charge on any atom is -0.493 e. The fourth-order valence-electron chi connectivity index (χ4n) is 4.79. The molecule has 2 aromatic rings. The maximum Gasteiger partial charge on any atom is 0.390 e. The molecule has 0 bridgehead atoms. The molecule has 1 fully saturated rings. The summed E-state index contributed by atoms with van der Waals surface area (Å²) in [6.07, 6.45) is 3.65. The zero-order chi connectivity index (χ0) is 26.2. The van der Waals surface area contributed by atoms with Gasteiger partial charge in [0.25, 0.3) is 5.91 Å². The van der Waals surface area contributed by atoms with Gasteiger partial charge < -0.3 is 15.8 Å². The smallest absolute Gasteiger partial charge is 0.390 e. The quantitative estimate of drug-likeness (QED) is 0.588. The van der Waals surface area contributed by atoms with Crippen LogP contribution in [0.3, 0.4) is 0 Å². The normalized spacial score (nSPS) is 23.0. The number of fused-ring (bicyclic) bond motifs is 1. The average Bonchev–Trinajstić information content (AvgIpc) is 3.73. The first-order chi connectivity index (χ1) is 17.7. The van der Waals surface area contributed by atoms with Crippen LogP contribution in [0, 0.1) is 11.3 Å². The van der Waals surface area contributed by atoms with E-state index in [9.17, 15) is 22.8 Å². The molecule has 8 nitrogen and oxygen atoms in total. The summed E-state index contributed by atoms with van der Waals surface area (Å²) < 4.78 is 43.2. The van der Waals surface area contributed by atoms with E-state index < -0.39 is 36.4 Å². The molecule has 3 aliphatic rings. The van der Waals surface area contributed by atoms with Crippen LogP contribution in [0.4, 0.5) is 13.2 Å². The third kappa shape index (κ3) is 5.21. The van der Waals surface area contributed by atoms with Crippen LogP contribution in [0.25, 0.3) is 11.1 Å². The Kier molecular flexibility index (Phi) is 6.47. The second-order valence-corrected chi connectivity index (χ2v) is 9.68. The van der Waals surface area contributed by atoms with Gasteiger partial charge in [-0.2, -0.15) is 13.2 Å². The highest BCUT2D eigenvalue weighted by Gasteiger charge is 2.46. The number of nitrogens with one attached hydrogen (secondary N) is 1. The summed E-state index contributed by atoms with van der Waals surface area (Å²) in [5, 5.41) is 2.20. The molecule has 194 valence electrons. The first-order valence-electron chi connectivity index (χ1n) is 12.1. The fourth-order valence-corrected chi connectivity index (χ4v) is 4.79. The number of nitrogens with two attached hydrogens (primary N) is 1. The van der Waals surface area contributed by atoms with Crippen LogP contribution in [0.15, 0.2) is 47.4 Å². The number of hydrogen-bond acceptors (Lipinski definition) is 6. The van der Waals surface area contributed by atoms with Crippen molar-refractivity contribution in [3.05, 3.63) is 53.8 Å². The molecule has 3 heterocycles. The van der Waals surface area contributed by atoms with Crippen LogP contribution in [0.5, 0.6) is 5.75 Å². The molecule has 1 aliphatic carbocycles. The van der Waals surface area contributed by atoms with Gasteiger partial charge in [0.2, 0.25) is 5.91 Å². The highest BCUT2D eigenvalue weighted by Crippen LogP contribution is 2.44. The summed E-state index contributed by atoms with van der Waals surface area (Å²) in [6, 6.07) is 5.71. The number of ether oxygens (including phenoxy) is 1. The molecule has 1 aromatic carbocycles. The predicted molar refractivity (Wildman–Crippen MR) is 129 cm³/mol. The lowest BCUT2D eigenvalue weighted by Gasteiger charge is -2.39. The van der Waals surface area contributed by atoms with Gasteiger partial charge in [0.1, 0.15) is 17.3 Å². The molecule has 2 atom stereocenters. The maximum atomic E-state index is 12.7. The summed E-state index contributed by atoms with van der Waals surface area (Å²) in [7, 11) is 0. The molecule has 11 heteroatoms. The van der Waals surface area contributed by atoms with Crippen molar-refractivity contribution >= 4 is 18.0 Å². The maximum absolute atomic E-state index is 12.7. The Balaban J connectivity index is 1.34. The second-order valence-electron chi connectivity index (χ2n) is 9.68. The number of alkyl halides is 3. The molecule has 3 N–H and O–H groups in total. The zero-order valence-electron chi connectivity index (χ0n) is 19.9. The van der Waals surface area contributed by atoms with Crippen molar-refractivity contribution in [1.29, 1.82) is 0 Å².